The lowest BCUT2D eigenvalue weighted by Crippen LogP contribution is -2.00. The van der Waals surface area contributed by atoms with Crippen molar-refractivity contribution in [2.45, 2.75) is 6.92 Å². The van der Waals surface area contributed by atoms with E-state index in [9.17, 15) is 4.79 Å². The Morgan fingerprint density at radius 1 is 1.21 bits per heavy atom. The van der Waals surface area contributed by atoms with Crippen LogP contribution < -0.4 is 0 Å². The fourth-order valence-corrected chi connectivity index (χ4v) is 2.18. The molecule has 0 spiro atoms. The van der Waals surface area contributed by atoms with Crippen LogP contribution in [0.5, 0.6) is 0 Å². The van der Waals surface area contributed by atoms with E-state index < -0.39 is 0 Å². The minimum Gasteiger partial charge on any atom is -0.452 e. The Morgan fingerprint density at radius 2 is 2.05 bits per heavy atom. The molecule has 2 aromatic heterocycles. The van der Waals surface area contributed by atoms with E-state index in [1.165, 1.54) is 6.26 Å². The van der Waals surface area contributed by atoms with E-state index in [-0.39, 0.29) is 11.0 Å². The summed E-state index contributed by atoms with van der Waals surface area (Å²) in [6.07, 6.45) is 1.40. The summed E-state index contributed by atoms with van der Waals surface area (Å²) < 4.78 is 4.94. The highest BCUT2D eigenvalue weighted by molar-refractivity contribution is 6.33. The number of aromatic nitrogens is 1. The first-order chi connectivity index (χ1) is 9.15. The van der Waals surface area contributed by atoms with Crippen LogP contribution in [-0.4, -0.2) is 10.8 Å². The number of benzene rings is 1. The van der Waals surface area contributed by atoms with E-state index in [2.05, 4.69) is 4.98 Å². The molecule has 0 saturated carbocycles. The molecule has 0 aliphatic rings. The standard InChI is InChI=1S/C15H10ClNO2/c1-9-2-3-10-8-11(4-5-13(10)17-9)14(18)12-6-7-19-15(12)16/h2-8H,1H3. The van der Waals surface area contributed by atoms with Gasteiger partial charge in [0.2, 0.25) is 5.22 Å². The first-order valence-electron chi connectivity index (χ1n) is 5.80. The molecule has 0 radical (unpaired) electrons. The number of rotatable bonds is 2. The SMILES string of the molecule is Cc1ccc2cc(C(=O)c3ccoc3Cl)ccc2n1. The monoisotopic (exact) mass is 271 g/mol. The van der Waals surface area contributed by atoms with Crippen molar-refractivity contribution in [3.63, 3.8) is 0 Å². The van der Waals surface area contributed by atoms with Gasteiger partial charge in [-0.1, -0.05) is 6.07 Å². The highest BCUT2D eigenvalue weighted by atomic mass is 35.5. The van der Waals surface area contributed by atoms with Gasteiger partial charge < -0.3 is 4.42 Å². The zero-order valence-electron chi connectivity index (χ0n) is 10.2. The van der Waals surface area contributed by atoms with Gasteiger partial charge in [0.1, 0.15) is 0 Å². The number of ketones is 1. The Bertz CT molecular complexity index is 777. The lowest BCUT2D eigenvalue weighted by molar-refractivity contribution is 0.103. The molecule has 3 rings (SSSR count). The second-order valence-corrected chi connectivity index (χ2v) is 4.64. The molecule has 0 atom stereocenters. The molecule has 0 saturated heterocycles. The van der Waals surface area contributed by atoms with Crippen LogP contribution in [0.1, 0.15) is 21.6 Å². The summed E-state index contributed by atoms with van der Waals surface area (Å²) in [7, 11) is 0. The average Bonchev–Trinajstić information content (AvgIpc) is 2.83. The second kappa shape index (κ2) is 4.52. The summed E-state index contributed by atoms with van der Waals surface area (Å²) in [5, 5.41) is 1.04. The van der Waals surface area contributed by atoms with Gasteiger partial charge in [-0.3, -0.25) is 9.78 Å². The molecule has 1 aromatic carbocycles. The largest absolute Gasteiger partial charge is 0.452 e. The number of furan rings is 1. The maximum Gasteiger partial charge on any atom is 0.204 e. The summed E-state index contributed by atoms with van der Waals surface area (Å²) in [5.41, 5.74) is 2.77. The van der Waals surface area contributed by atoms with Crippen molar-refractivity contribution >= 4 is 28.3 Å². The van der Waals surface area contributed by atoms with Crippen LogP contribution in [0.4, 0.5) is 0 Å². The van der Waals surface area contributed by atoms with Gasteiger partial charge in [0, 0.05) is 16.6 Å². The molecule has 0 amide bonds. The number of hydrogen-bond donors (Lipinski definition) is 0. The minimum absolute atomic E-state index is 0.118. The molecule has 0 N–H and O–H groups in total. The Balaban J connectivity index is 2.09. The van der Waals surface area contributed by atoms with Crippen molar-refractivity contribution in [1.29, 1.82) is 0 Å². The molecule has 0 fully saturated rings. The van der Waals surface area contributed by atoms with Crippen molar-refractivity contribution in [1.82, 2.24) is 4.98 Å². The molecule has 2 heterocycles. The first-order valence-corrected chi connectivity index (χ1v) is 6.18. The molecule has 19 heavy (non-hydrogen) atoms. The maximum atomic E-state index is 12.3. The topological polar surface area (TPSA) is 43.1 Å². The zero-order chi connectivity index (χ0) is 13.4. The molecule has 3 nitrogen and oxygen atoms in total. The van der Waals surface area contributed by atoms with Crippen LogP contribution >= 0.6 is 11.6 Å². The van der Waals surface area contributed by atoms with Gasteiger partial charge in [-0.25, -0.2) is 0 Å². The molecule has 0 aliphatic carbocycles. The predicted octanol–water partition coefficient (Wildman–Crippen LogP) is 4.02. The van der Waals surface area contributed by atoms with Crippen LogP contribution in [0.25, 0.3) is 10.9 Å². The number of pyridine rings is 1. The predicted molar refractivity (Wildman–Crippen MR) is 73.6 cm³/mol. The normalized spacial score (nSPS) is 10.8. The Hall–Kier alpha value is -2.13. The minimum atomic E-state index is -0.152. The highest BCUT2D eigenvalue weighted by Gasteiger charge is 2.15. The fraction of sp³-hybridized carbons (Fsp3) is 0.0667. The quantitative estimate of drug-likeness (QED) is 0.661. The zero-order valence-corrected chi connectivity index (χ0v) is 10.9. The van der Waals surface area contributed by atoms with Gasteiger partial charge in [0.15, 0.2) is 5.78 Å². The number of halogens is 1. The van der Waals surface area contributed by atoms with Crippen molar-refractivity contribution in [3.8, 4) is 0 Å². The number of aryl methyl sites for hydroxylation is 1. The third-order valence-corrected chi connectivity index (χ3v) is 3.25. The summed E-state index contributed by atoms with van der Waals surface area (Å²) in [6.45, 7) is 1.93. The van der Waals surface area contributed by atoms with E-state index in [4.69, 9.17) is 16.0 Å². The van der Waals surface area contributed by atoms with E-state index in [0.29, 0.717) is 11.1 Å². The van der Waals surface area contributed by atoms with Gasteiger partial charge in [0.05, 0.1) is 17.3 Å². The highest BCUT2D eigenvalue weighted by Crippen LogP contribution is 2.22. The summed E-state index contributed by atoms with van der Waals surface area (Å²) in [5.74, 6) is -0.152. The van der Waals surface area contributed by atoms with E-state index in [0.717, 1.165) is 16.6 Å². The number of carbonyl (C=O) groups excluding carboxylic acids is 1. The molecular weight excluding hydrogens is 262 g/mol. The third kappa shape index (κ3) is 2.13. The molecule has 94 valence electrons. The molecule has 3 aromatic rings. The van der Waals surface area contributed by atoms with Gasteiger partial charge in [-0.2, -0.15) is 0 Å². The maximum absolute atomic E-state index is 12.3. The number of fused-ring (bicyclic) bond motifs is 1. The molecule has 0 aliphatic heterocycles. The Labute approximate surface area is 114 Å². The van der Waals surface area contributed by atoms with E-state index in [1.807, 2.05) is 31.2 Å². The van der Waals surface area contributed by atoms with Gasteiger partial charge in [-0.15, -0.1) is 0 Å². The van der Waals surface area contributed by atoms with Crippen LogP contribution in [0.3, 0.4) is 0 Å². The lowest BCUT2D eigenvalue weighted by atomic mass is 10.0. The second-order valence-electron chi connectivity index (χ2n) is 4.30. The van der Waals surface area contributed by atoms with Gasteiger partial charge >= 0.3 is 0 Å². The molecular formula is C15H10ClNO2. The van der Waals surface area contributed by atoms with Gasteiger partial charge in [-0.05, 0) is 48.9 Å². The van der Waals surface area contributed by atoms with Crippen molar-refractivity contribution in [3.05, 3.63) is 64.7 Å². The van der Waals surface area contributed by atoms with Crippen molar-refractivity contribution < 1.29 is 9.21 Å². The molecule has 0 bridgehead atoms. The van der Waals surface area contributed by atoms with E-state index >= 15 is 0 Å². The van der Waals surface area contributed by atoms with Crippen LogP contribution in [0.2, 0.25) is 5.22 Å². The van der Waals surface area contributed by atoms with Crippen molar-refractivity contribution in [2.75, 3.05) is 0 Å². The molecule has 0 unspecified atom stereocenters. The van der Waals surface area contributed by atoms with Crippen molar-refractivity contribution in [2.24, 2.45) is 0 Å². The van der Waals surface area contributed by atoms with Crippen LogP contribution in [-0.2, 0) is 0 Å². The fourth-order valence-electron chi connectivity index (χ4n) is 1.98. The number of nitrogens with zero attached hydrogens (tertiary/aromatic N) is 1. The smallest absolute Gasteiger partial charge is 0.204 e. The average molecular weight is 272 g/mol. The summed E-state index contributed by atoms with van der Waals surface area (Å²) >= 11 is 5.82. The molecule has 4 heteroatoms. The first kappa shape index (κ1) is 11.9. The summed E-state index contributed by atoms with van der Waals surface area (Å²) in [6, 6.07) is 10.8. The lowest BCUT2D eigenvalue weighted by Gasteiger charge is -2.02. The third-order valence-electron chi connectivity index (χ3n) is 2.95. The summed E-state index contributed by atoms with van der Waals surface area (Å²) in [4.78, 5) is 16.7. The number of carbonyl (C=O) groups is 1. The Kier molecular flexibility index (Phi) is 2.84. The van der Waals surface area contributed by atoms with Crippen LogP contribution in [0, 0.1) is 6.92 Å². The van der Waals surface area contributed by atoms with E-state index in [1.54, 1.807) is 12.1 Å². The van der Waals surface area contributed by atoms with Crippen LogP contribution in [0.15, 0.2) is 47.1 Å². The van der Waals surface area contributed by atoms with Gasteiger partial charge in [0.25, 0.3) is 0 Å². The Morgan fingerprint density at radius 3 is 2.79 bits per heavy atom. The number of hydrogen-bond acceptors (Lipinski definition) is 3.